The van der Waals surface area contributed by atoms with Gasteiger partial charge in [-0.25, -0.2) is 16.8 Å². The lowest BCUT2D eigenvalue weighted by molar-refractivity contribution is 0.253. The molecule has 21 heavy (non-hydrogen) atoms. The van der Waals surface area contributed by atoms with Gasteiger partial charge >= 0.3 is 0 Å². The molecule has 0 aliphatic heterocycles. The molecule has 0 atom stereocenters. The predicted octanol–water partition coefficient (Wildman–Crippen LogP) is 1.14. The Morgan fingerprint density at radius 3 is 2.29 bits per heavy atom. The lowest BCUT2D eigenvalue weighted by atomic mass is 10.4. The van der Waals surface area contributed by atoms with Crippen LogP contribution in [0, 0.1) is 0 Å². The van der Waals surface area contributed by atoms with Gasteiger partial charge in [0.1, 0.15) is 4.90 Å². The summed E-state index contributed by atoms with van der Waals surface area (Å²) in [5, 5.41) is 8.94. The second-order valence-electron chi connectivity index (χ2n) is 4.49. The van der Waals surface area contributed by atoms with Crippen LogP contribution in [0.3, 0.4) is 0 Å². The molecule has 0 aromatic heterocycles. The molecule has 0 fully saturated rings. The average molecular weight is 356 g/mol. The zero-order chi connectivity index (χ0) is 16.3. The van der Waals surface area contributed by atoms with E-state index in [0.717, 1.165) is 16.6 Å². The fourth-order valence-electron chi connectivity index (χ4n) is 1.76. The lowest BCUT2D eigenvalue weighted by Crippen LogP contribution is -2.34. The van der Waals surface area contributed by atoms with E-state index >= 15 is 0 Å². The highest BCUT2D eigenvalue weighted by molar-refractivity contribution is 7.91. The van der Waals surface area contributed by atoms with Gasteiger partial charge in [-0.1, -0.05) is 18.5 Å². The van der Waals surface area contributed by atoms with Crippen molar-refractivity contribution >= 4 is 31.5 Å². The van der Waals surface area contributed by atoms with E-state index in [-0.39, 0.29) is 34.5 Å². The van der Waals surface area contributed by atoms with Crippen LogP contribution in [0.15, 0.2) is 28.0 Å². The van der Waals surface area contributed by atoms with Gasteiger partial charge < -0.3 is 5.11 Å². The van der Waals surface area contributed by atoms with Crippen LogP contribution < -0.4 is 0 Å². The van der Waals surface area contributed by atoms with Crippen LogP contribution in [-0.2, 0) is 19.9 Å². The normalized spacial score (nSPS) is 12.8. The molecule has 0 saturated carbocycles. The molecule has 0 aliphatic rings. The Morgan fingerprint density at radius 1 is 1.19 bits per heavy atom. The summed E-state index contributed by atoms with van der Waals surface area (Å²) in [5.74, 6) is 0. The number of sulfonamides is 1. The minimum absolute atomic E-state index is 0.0542. The lowest BCUT2D eigenvalue weighted by Gasteiger charge is -2.21. The van der Waals surface area contributed by atoms with Crippen LogP contribution in [0.25, 0.3) is 0 Å². The van der Waals surface area contributed by atoms with Gasteiger partial charge in [0.15, 0.2) is 9.84 Å². The van der Waals surface area contributed by atoms with Gasteiger partial charge in [0, 0.05) is 19.3 Å². The minimum atomic E-state index is -3.96. The molecule has 0 spiro atoms. The number of benzene rings is 1. The van der Waals surface area contributed by atoms with E-state index in [1.807, 2.05) is 0 Å². The van der Waals surface area contributed by atoms with Crippen molar-refractivity contribution in [2.75, 3.05) is 26.0 Å². The van der Waals surface area contributed by atoms with E-state index in [9.17, 15) is 16.8 Å². The highest BCUT2D eigenvalue weighted by atomic mass is 35.5. The Hall–Kier alpha value is -0.670. The van der Waals surface area contributed by atoms with Crippen molar-refractivity contribution in [3.63, 3.8) is 0 Å². The molecule has 0 radical (unpaired) electrons. The molecule has 1 aromatic rings. The standard InChI is InChI=1S/C12H18ClNO5S2/c1-3-6-14(7-8-15)21(18,19)12-9-10(20(2,16)17)4-5-11(12)13/h4-5,9,15H,3,6-8H2,1-2H3. The summed E-state index contributed by atoms with van der Waals surface area (Å²) in [6.07, 6.45) is 1.55. The van der Waals surface area contributed by atoms with Gasteiger partial charge in [-0.05, 0) is 24.6 Å². The number of hydrogen-bond acceptors (Lipinski definition) is 5. The van der Waals surface area contributed by atoms with Crippen molar-refractivity contribution in [3.05, 3.63) is 23.2 Å². The molecule has 0 amide bonds. The van der Waals surface area contributed by atoms with Crippen LogP contribution in [0.5, 0.6) is 0 Å². The SMILES string of the molecule is CCCN(CCO)S(=O)(=O)c1cc(S(C)(=O)=O)ccc1Cl. The Kier molecular flexibility index (Phi) is 6.18. The number of aliphatic hydroxyl groups excluding tert-OH is 1. The number of sulfone groups is 1. The van der Waals surface area contributed by atoms with Crippen molar-refractivity contribution in [3.8, 4) is 0 Å². The zero-order valence-electron chi connectivity index (χ0n) is 11.8. The number of rotatable bonds is 7. The van der Waals surface area contributed by atoms with Crippen molar-refractivity contribution in [1.82, 2.24) is 4.31 Å². The summed E-state index contributed by atoms with van der Waals surface area (Å²) in [6, 6.07) is 3.55. The van der Waals surface area contributed by atoms with Crippen molar-refractivity contribution in [2.24, 2.45) is 0 Å². The first-order valence-electron chi connectivity index (χ1n) is 6.25. The first kappa shape index (κ1) is 18.4. The third-order valence-electron chi connectivity index (χ3n) is 2.77. The molecule has 1 rings (SSSR count). The molecule has 0 unspecified atom stereocenters. The second-order valence-corrected chi connectivity index (χ2v) is 8.82. The molecule has 6 nitrogen and oxygen atoms in total. The molecule has 0 saturated heterocycles. The Balaban J connectivity index is 3.42. The Morgan fingerprint density at radius 2 is 1.81 bits per heavy atom. The fourth-order valence-corrected chi connectivity index (χ4v) is 4.51. The Bertz CT molecular complexity index is 694. The number of aliphatic hydroxyl groups is 1. The molecule has 0 bridgehead atoms. The maximum Gasteiger partial charge on any atom is 0.244 e. The maximum absolute atomic E-state index is 12.5. The molecule has 1 aromatic carbocycles. The van der Waals surface area contributed by atoms with Crippen molar-refractivity contribution < 1.29 is 21.9 Å². The maximum atomic E-state index is 12.5. The van der Waals surface area contributed by atoms with Crippen molar-refractivity contribution in [2.45, 2.75) is 23.1 Å². The van der Waals surface area contributed by atoms with Crippen LogP contribution in [0.2, 0.25) is 5.02 Å². The fraction of sp³-hybridized carbons (Fsp3) is 0.500. The monoisotopic (exact) mass is 355 g/mol. The van der Waals surface area contributed by atoms with Crippen LogP contribution in [-0.4, -0.2) is 52.2 Å². The zero-order valence-corrected chi connectivity index (χ0v) is 14.2. The van der Waals surface area contributed by atoms with Gasteiger partial charge in [0.2, 0.25) is 10.0 Å². The molecular formula is C12H18ClNO5S2. The first-order chi connectivity index (χ1) is 9.64. The summed E-state index contributed by atoms with van der Waals surface area (Å²) in [7, 11) is -7.51. The largest absolute Gasteiger partial charge is 0.395 e. The molecular weight excluding hydrogens is 338 g/mol. The topological polar surface area (TPSA) is 91.8 Å². The van der Waals surface area contributed by atoms with Crippen LogP contribution in [0.4, 0.5) is 0 Å². The van der Waals surface area contributed by atoms with Gasteiger partial charge in [0.05, 0.1) is 16.5 Å². The van der Waals surface area contributed by atoms with E-state index in [1.54, 1.807) is 6.92 Å². The van der Waals surface area contributed by atoms with Gasteiger partial charge in [-0.3, -0.25) is 0 Å². The van der Waals surface area contributed by atoms with Gasteiger partial charge in [0.25, 0.3) is 0 Å². The molecule has 1 N–H and O–H groups in total. The summed E-state index contributed by atoms with van der Waals surface area (Å²) >= 11 is 5.91. The number of hydrogen-bond donors (Lipinski definition) is 1. The smallest absolute Gasteiger partial charge is 0.244 e. The molecule has 0 heterocycles. The average Bonchev–Trinajstić information content (AvgIpc) is 2.37. The van der Waals surface area contributed by atoms with E-state index in [0.29, 0.717) is 6.42 Å². The summed E-state index contributed by atoms with van der Waals surface area (Å²) in [4.78, 5) is -0.389. The number of nitrogens with zero attached hydrogens (tertiary/aromatic N) is 1. The minimum Gasteiger partial charge on any atom is -0.395 e. The third kappa shape index (κ3) is 4.40. The quantitative estimate of drug-likeness (QED) is 0.791. The highest BCUT2D eigenvalue weighted by Gasteiger charge is 2.27. The molecule has 0 aliphatic carbocycles. The first-order valence-corrected chi connectivity index (χ1v) is 9.96. The summed E-state index contributed by atoms with van der Waals surface area (Å²) in [6.45, 7) is 1.61. The van der Waals surface area contributed by atoms with Crippen LogP contribution >= 0.6 is 11.6 Å². The van der Waals surface area contributed by atoms with E-state index in [2.05, 4.69) is 0 Å². The van der Waals surface area contributed by atoms with Gasteiger partial charge in [-0.15, -0.1) is 0 Å². The summed E-state index contributed by atoms with van der Waals surface area (Å²) in [5.41, 5.74) is 0. The second kappa shape index (κ2) is 7.06. The third-order valence-corrected chi connectivity index (χ3v) is 6.26. The highest BCUT2D eigenvalue weighted by Crippen LogP contribution is 2.27. The van der Waals surface area contributed by atoms with E-state index in [4.69, 9.17) is 16.7 Å². The summed E-state index contributed by atoms with van der Waals surface area (Å²) < 4.78 is 49.3. The van der Waals surface area contributed by atoms with E-state index in [1.165, 1.54) is 12.1 Å². The molecule has 9 heteroatoms. The predicted molar refractivity (Wildman–Crippen MR) is 80.7 cm³/mol. The van der Waals surface area contributed by atoms with Gasteiger partial charge in [-0.2, -0.15) is 4.31 Å². The van der Waals surface area contributed by atoms with Crippen molar-refractivity contribution in [1.29, 1.82) is 0 Å². The van der Waals surface area contributed by atoms with Crippen LogP contribution in [0.1, 0.15) is 13.3 Å². The van der Waals surface area contributed by atoms with E-state index < -0.39 is 19.9 Å². The molecule has 120 valence electrons. The Labute approximate surface area is 130 Å². The number of halogens is 1.